The van der Waals surface area contributed by atoms with E-state index in [1.807, 2.05) is 37.5 Å². The Kier molecular flexibility index (Phi) is 8.72. The number of benzene rings is 2. The number of rotatable bonds is 11. The number of nitrogens with zero attached hydrogens (tertiary/aromatic N) is 2. The molecule has 0 aliphatic rings. The number of nitrogens with two attached hydrogens (primary N) is 1. The van der Waals surface area contributed by atoms with Crippen LogP contribution in [-0.4, -0.2) is 39.8 Å². The quantitative estimate of drug-likeness (QED) is 0.163. The van der Waals surface area contributed by atoms with Gasteiger partial charge in [-0.25, -0.2) is 14.4 Å². The molecule has 0 aliphatic heterocycles. The summed E-state index contributed by atoms with van der Waals surface area (Å²) in [7, 11) is 0. The van der Waals surface area contributed by atoms with Crippen LogP contribution in [0.2, 0.25) is 0 Å². The third kappa shape index (κ3) is 6.60. The summed E-state index contributed by atoms with van der Waals surface area (Å²) in [4.78, 5) is 35.0. The smallest absolute Gasteiger partial charge is 0.339 e. The van der Waals surface area contributed by atoms with E-state index in [0.29, 0.717) is 35.0 Å². The van der Waals surface area contributed by atoms with Crippen molar-refractivity contribution in [2.75, 3.05) is 6.54 Å². The molecule has 43 heavy (non-hydrogen) atoms. The number of carboxylic acid groups (broad SMARTS) is 3. The van der Waals surface area contributed by atoms with E-state index in [1.54, 1.807) is 34.9 Å². The van der Waals surface area contributed by atoms with Gasteiger partial charge in [-0.2, -0.15) is 9.13 Å². The summed E-state index contributed by atoms with van der Waals surface area (Å²) in [5, 5.41) is 31.8. The predicted molar refractivity (Wildman–Crippen MR) is 161 cm³/mol. The van der Waals surface area contributed by atoms with Crippen LogP contribution >= 0.6 is 0 Å². The van der Waals surface area contributed by atoms with E-state index in [4.69, 9.17) is 5.73 Å². The molecule has 10 heteroatoms. The fourth-order valence-electron chi connectivity index (χ4n) is 4.79. The summed E-state index contributed by atoms with van der Waals surface area (Å²) < 4.78 is 3.57. The van der Waals surface area contributed by atoms with Crippen LogP contribution in [0.1, 0.15) is 58.3 Å². The SMILES string of the molecule is C=C(NCCC)[n+]1cc(C(=O)O)ccc1-c1cc(-c2ccc(C(=O)O)cc2)cc(-c2ccc(C(=O)O)cc2)[n+]1C(C)(C)N. The summed E-state index contributed by atoms with van der Waals surface area (Å²) in [6.07, 6.45) is 2.31. The van der Waals surface area contributed by atoms with Crippen LogP contribution < -0.4 is 20.2 Å². The van der Waals surface area contributed by atoms with Crippen LogP contribution in [0.25, 0.3) is 39.6 Å². The van der Waals surface area contributed by atoms with Gasteiger partial charge in [-0.3, -0.25) is 11.1 Å². The van der Waals surface area contributed by atoms with Gasteiger partial charge < -0.3 is 15.3 Å². The molecular weight excluding hydrogens is 548 g/mol. The van der Waals surface area contributed by atoms with Crippen molar-refractivity contribution in [1.82, 2.24) is 5.32 Å². The first-order valence-corrected chi connectivity index (χ1v) is 13.6. The van der Waals surface area contributed by atoms with E-state index >= 15 is 0 Å². The molecule has 0 aliphatic carbocycles. The van der Waals surface area contributed by atoms with Crippen molar-refractivity contribution in [3.63, 3.8) is 0 Å². The molecule has 6 N–H and O–H groups in total. The highest BCUT2D eigenvalue weighted by Crippen LogP contribution is 2.31. The molecule has 0 atom stereocenters. The number of pyridine rings is 2. The van der Waals surface area contributed by atoms with Crippen LogP contribution in [0.5, 0.6) is 0 Å². The zero-order chi connectivity index (χ0) is 31.5. The van der Waals surface area contributed by atoms with Crippen LogP contribution in [0.4, 0.5) is 0 Å². The Morgan fingerprint density at radius 2 is 1.23 bits per heavy atom. The Hall–Kier alpha value is -5.35. The molecule has 10 nitrogen and oxygen atoms in total. The standard InChI is InChI=1S/C33H32N4O6/c1-5-16-35-20(2)36-19-25(32(42)43)14-15-27(36)29-18-26(21-6-10-23(11-7-21)30(38)39)17-28(37(29)33(3,4)34)22-8-12-24(13-9-22)31(40)41/h6-15,17-19,35H,2,5,16,34H2,1,3-4H3,(H-2,38,39,40,41,42,43)/p+2. The van der Waals surface area contributed by atoms with Gasteiger partial charge in [0, 0.05) is 31.5 Å². The first-order chi connectivity index (χ1) is 20.3. The first-order valence-electron chi connectivity index (χ1n) is 13.6. The second-order valence-corrected chi connectivity index (χ2v) is 10.6. The Labute approximate surface area is 249 Å². The van der Waals surface area contributed by atoms with Gasteiger partial charge in [-0.15, -0.1) is 0 Å². The minimum absolute atomic E-state index is 0.0617. The molecule has 0 unspecified atom stereocenters. The number of nitrogens with one attached hydrogen (secondary N) is 1. The highest BCUT2D eigenvalue weighted by Gasteiger charge is 2.36. The maximum Gasteiger partial charge on any atom is 0.339 e. The maximum absolute atomic E-state index is 11.9. The minimum Gasteiger partial charge on any atom is -0.478 e. The average molecular weight is 583 g/mol. The lowest BCUT2D eigenvalue weighted by Gasteiger charge is -2.22. The molecule has 2 aromatic heterocycles. The van der Waals surface area contributed by atoms with Gasteiger partial charge in [-0.1, -0.05) is 19.1 Å². The summed E-state index contributed by atoms with van der Waals surface area (Å²) in [5.41, 5.74) is 10.1. The number of carbonyl (C=O) groups is 3. The largest absolute Gasteiger partial charge is 0.478 e. The molecule has 220 valence electrons. The van der Waals surface area contributed by atoms with E-state index in [1.165, 1.54) is 36.5 Å². The van der Waals surface area contributed by atoms with Gasteiger partial charge in [0.15, 0.2) is 0 Å². The molecule has 0 saturated carbocycles. The molecule has 4 aromatic rings. The lowest BCUT2D eigenvalue weighted by molar-refractivity contribution is -0.742. The van der Waals surface area contributed by atoms with Gasteiger partial charge in [0.1, 0.15) is 6.20 Å². The monoisotopic (exact) mass is 582 g/mol. The molecule has 0 fully saturated rings. The van der Waals surface area contributed by atoms with Crippen molar-refractivity contribution in [3.8, 4) is 33.8 Å². The predicted octanol–water partition coefficient (Wildman–Crippen LogP) is 4.44. The molecule has 2 heterocycles. The second-order valence-electron chi connectivity index (χ2n) is 10.6. The molecule has 0 saturated heterocycles. The molecule has 0 radical (unpaired) electrons. The van der Waals surface area contributed by atoms with Gasteiger partial charge in [0.05, 0.1) is 23.2 Å². The Balaban J connectivity index is 2.10. The minimum atomic E-state index is -1.10. The topological polar surface area (TPSA) is 158 Å². The zero-order valence-corrected chi connectivity index (χ0v) is 24.2. The molecule has 0 amide bonds. The Morgan fingerprint density at radius 1 is 0.744 bits per heavy atom. The normalized spacial score (nSPS) is 11.2. The summed E-state index contributed by atoms with van der Waals surface area (Å²) in [5.74, 6) is -2.73. The van der Waals surface area contributed by atoms with Crippen molar-refractivity contribution in [2.45, 2.75) is 32.9 Å². The van der Waals surface area contributed by atoms with Crippen LogP contribution in [0.15, 0.2) is 85.6 Å². The highest BCUT2D eigenvalue weighted by atomic mass is 16.4. The molecule has 4 rings (SSSR count). The molecule has 0 bridgehead atoms. The summed E-state index contributed by atoms with van der Waals surface area (Å²) >= 11 is 0. The number of hydrogen-bond acceptors (Lipinski definition) is 5. The van der Waals surface area contributed by atoms with E-state index in [2.05, 4.69) is 11.9 Å². The van der Waals surface area contributed by atoms with Gasteiger partial charge in [-0.05, 0) is 72.7 Å². The second kappa shape index (κ2) is 12.3. The van der Waals surface area contributed by atoms with Crippen LogP contribution in [0, 0.1) is 0 Å². The zero-order valence-electron chi connectivity index (χ0n) is 24.2. The van der Waals surface area contributed by atoms with E-state index in [-0.39, 0.29) is 16.7 Å². The Bertz CT molecular complexity index is 1720. The van der Waals surface area contributed by atoms with Crippen molar-refractivity contribution in [1.29, 1.82) is 0 Å². The fraction of sp³-hybridized carbons (Fsp3) is 0.182. The number of aromatic carboxylic acids is 3. The third-order valence-electron chi connectivity index (χ3n) is 6.86. The fourth-order valence-corrected chi connectivity index (χ4v) is 4.79. The van der Waals surface area contributed by atoms with E-state index in [0.717, 1.165) is 17.5 Å². The lowest BCUT2D eigenvalue weighted by Crippen LogP contribution is -2.62. The van der Waals surface area contributed by atoms with Crippen LogP contribution in [0.3, 0.4) is 0 Å². The summed E-state index contributed by atoms with van der Waals surface area (Å²) in [6, 6.07) is 19.9. The highest BCUT2D eigenvalue weighted by molar-refractivity contribution is 5.89. The van der Waals surface area contributed by atoms with Crippen LogP contribution in [-0.2, 0) is 5.66 Å². The van der Waals surface area contributed by atoms with Gasteiger partial charge >= 0.3 is 17.9 Å². The number of hydrogen-bond donors (Lipinski definition) is 5. The van der Waals surface area contributed by atoms with E-state index < -0.39 is 23.6 Å². The molecule has 2 aromatic carbocycles. The van der Waals surface area contributed by atoms with Crippen molar-refractivity contribution < 1.29 is 38.8 Å². The number of carboxylic acids is 3. The van der Waals surface area contributed by atoms with E-state index in [9.17, 15) is 29.7 Å². The summed E-state index contributed by atoms with van der Waals surface area (Å²) in [6.45, 7) is 10.4. The van der Waals surface area contributed by atoms with Crippen molar-refractivity contribution in [3.05, 3.63) is 102 Å². The van der Waals surface area contributed by atoms with Gasteiger partial charge in [0.25, 0.3) is 11.5 Å². The van der Waals surface area contributed by atoms with Crippen molar-refractivity contribution in [2.24, 2.45) is 5.73 Å². The van der Waals surface area contributed by atoms with Gasteiger partial charge in [0.2, 0.25) is 17.1 Å². The average Bonchev–Trinajstić information content (AvgIpc) is 2.98. The number of aromatic nitrogens is 2. The third-order valence-corrected chi connectivity index (χ3v) is 6.86. The van der Waals surface area contributed by atoms with Crippen molar-refractivity contribution >= 4 is 23.7 Å². The lowest BCUT2D eigenvalue weighted by atomic mass is 9.97. The maximum atomic E-state index is 11.9. The Morgan fingerprint density at radius 3 is 1.72 bits per heavy atom. The molecular formula is C33H34N4O6+2. The first kappa shape index (κ1) is 30.6. The molecule has 0 spiro atoms.